The van der Waals surface area contributed by atoms with Crippen molar-refractivity contribution in [3.05, 3.63) is 34.9 Å². The first-order valence-electron chi connectivity index (χ1n) is 7.36. The molecule has 2 amide bonds. The molecule has 1 aliphatic rings. The van der Waals surface area contributed by atoms with Crippen LogP contribution in [-0.4, -0.2) is 33.7 Å². The molecule has 23 heavy (non-hydrogen) atoms. The topological polar surface area (TPSA) is 83.9 Å². The number of amides is 2. The second-order valence-corrected chi connectivity index (χ2v) is 7.57. The Kier molecular flexibility index (Phi) is 4.07. The fourth-order valence-corrected chi connectivity index (χ4v) is 2.98. The molecular formula is C17H21NO5. The van der Waals surface area contributed by atoms with Gasteiger partial charge in [-0.2, -0.15) is 0 Å². The van der Waals surface area contributed by atoms with Gasteiger partial charge in [-0.15, -0.1) is 5.06 Å². The van der Waals surface area contributed by atoms with Gasteiger partial charge in [-0.3, -0.25) is 14.8 Å². The fourth-order valence-electron chi connectivity index (χ4n) is 2.98. The van der Waals surface area contributed by atoms with E-state index >= 15 is 0 Å². The van der Waals surface area contributed by atoms with E-state index in [4.69, 9.17) is 4.74 Å². The third kappa shape index (κ3) is 3.59. The molecule has 6 nitrogen and oxygen atoms in total. The Balaban J connectivity index is 2.23. The first-order valence-corrected chi connectivity index (χ1v) is 7.36. The van der Waals surface area contributed by atoms with Crippen molar-refractivity contribution in [3.63, 3.8) is 0 Å². The van der Waals surface area contributed by atoms with E-state index in [1.54, 1.807) is 0 Å². The van der Waals surface area contributed by atoms with Crippen LogP contribution >= 0.6 is 0 Å². The van der Waals surface area contributed by atoms with Crippen LogP contribution in [-0.2, 0) is 4.74 Å². The lowest BCUT2D eigenvalue weighted by Gasteiger charge is -2.32. The van der Waals surface area contributed by atoms with Crippen molar-refractivity contribution < 1.29 is 24.3 Å². The maximum atomic E-state index is 12.3. The summed E-state index contributed by atoms with van der Waals surface area (Å²) in [6, 6.07) is 4.04. The first kappa shape index (κ1) is 17.1. The predicted octanol–water partition coefficient (Wildman–Crippen LogP) is 3.04. The zero-order chi connectivity index (χ0) is 17.6. The zero-order valence-corrected chi connectivity index (χ0v) is 14.0. The molecule has 0 unspecified atom stereocenters. The van der Waals surface area contributed by atoms with Gasteiger partial charge in [0.05, 0.1) is 16.7 Å². The van der Waals surface area contributed by atoms with E-state index in [1.807, 2.05) is 13.8 Å². The van der Waals surface area contributed by atoms with Gasteiger partial charge in [-0.05, 0) is 43.9 Å². The predicted molar refractivity (Wildman–Crippen MR) is 82.3 cm³/mol. The summed E-state index contributed by atoms with van der Waals surface area (Å²) < 4.78 is 5.54. The Morgan fingerprint density at radius 1 is 1.09 bits per heavy atom. The Morgan fingerprint density at radius 3 is 2.22 bits per heavy atom. The van der Waals surface area contributed by atoms with Gasteiger partial charge in [-0.1, -0.05) is 20.8 Å². The van der Waals surface area contributed by atoms with Crippen LogP contribution in [0.1, 0.15) is 72.1 Å². The Labute approximate surface area is 135 Å². The summed E-state index contributed by atoms with van der Waals surface area (Å²) in [5.41, 5.74) is -0.440. The molecule has 0 fully saturated rings. The standard InChI is InChI=1S/C17H21NO5/c1-16(2,3)9-17(4,5)23-15(21)10-6-7-11-12(8-10)14(20)18(22)13(11)19/h6-8,22H,9H2,1-5H3. The number of ether oxygens (including phenoxy) is 1. The highest BCUT2D eigenvalue weighted by Crippen LogP contribution is 2.30. The zero-order valence-electron chi connectivity index (χ0n) is 14.0. The molecule has 0 aliphatic carbocycles. The number of rotatable bonds is 3. The van der Waals surface area contributed by atoms with Crippen LogP contribution in [0.3, 0.4) is 0 Å². The van der Waals surface area contributed by atoms with Gasteiger partial charge in [0.15, 0.2) is 0 Å². The van der Waals surface area contributed by atoms with E-state index in [1.165, 1.54) is 18.2 Å². The van der Waals surface area contributed by atoms with Crippen molar-refractivity contribution in [1.82, 2.24) is 5.06 Å². The molecule has 0 bridgehead atoms. The lowest BCUT2D eigenvalue weighted by atomic mass is 9.83. The van der Waals surface area contributed by atoms with E-state index in [0.717, 1.165) is 0 Å². The van der Waals surface area contributed by atoms with Crippen LogP contribution in [0.25, 0.3) is 0 Å². The number of hydrogen-bond acceptors (Lipinski definition) is 5. The number of imide groups is 1. The molecule has 0 saturated heterocycles. The van der Waals surface area contributed by atoms with Crippen molar-refractivity contribution >= 4 is 17.8 Å². The molecule has 0 spiro atoms. The summed E-state index contributed by atoms with van der Waals surface area (Å²) >= 11 is 0. The van der Waals surface area contributed by atoms with Gasteiger partial charge in [-0.25, -0.2) is 4.79 Å². The third-order valence-electron chi connectivity index (χ3n) is 3.43. The number of hydrogen-bond donors (Lipinski definition) is 1. The largest absolute Gasteiger partial charge is 0.456 e. The highest BCUT2D eigenvalue weighted by Gasteiger charge is 2.36. The molecule has 0 radical (unpaired) electrons. The van der Waals surface area contributed by atoms with Gasteiger partial charge in [0.25, 0.3) is 11.8 Å². The molecule has 2 rings (SSSR count). The van der Waals surface area contributed by atoms with Crippen LogP contribution in [0.4, 0.5) is 0 Å². The monoisotopic (exact) mass is 319 g/mol. The first-order chi connectivity index (χ1) is 10.4. The molecule has 6 heteroatoms. The summed E-state index contributed by atoms with van der Waals surface area (Å²) in [6.07, 6.45) is 0.665. The van der Waals surface area contributed by atoms with Crippen LogP contribution < -0.4 is 0 Å². The smallest absolute Gasteiger partial charge is 0.338 e. The summed E-state index contributed by atoms with van der Waals surface area (Å²) in [7, 11) is 0. The average molecular weight is 319 g/mol. The van der Waals surface area contributed by atoms with Gasteiger partial charge in [0.2, 0.25) is 0 Å². The summed E-state index contributed by atoms with van der Waals surface area (Å²) in [6.45, 7) is 9.82. The van der Waals surface area contributed by atoms with E-state index in [0.29, 0.717) is 6.42 Å². The molecule has 1 aromatic carbocycles. The third-order valence-corrected chi connectivity index (χ3v) is 3.43. The van der Waals surface area contributed by atoms with Crippen LogP contribution in [0.2, 0.25) is 0 Å². The van der Waals surface area contributed by atoms with Gasteiger partial charge in [0.1, 0.15) is 5.60 Å². The molecule has 0 aromatic heterocycles. The van der Waals surface area contributed by atoms with E-state index in [9.17, 15) is 19.6 Å². The summed E-state index contributed by atoms with van der Waals surface area (Å²) in [4.78, 5) is 35.7. The van der Waals surface area contributed by atoms with E-state index in [-0.39, 0.29) is 27.2 Å². The maximum absolute atomic E-state index is 12.3. The molecule has 1 heterocycles. The number of nitrogens with zero attached hydrogens (tertiary/aromatic N) is 1. The van der Waals surface area contributed by atoms with Crippen molar-refractivity contribution in [3.8, 4) is 0 Å². The summed E-state index contributed by atoms with van der Waals surface area (Å²) in [5.74, 6) is -2.20. The van der Waals surface area contributed by atoms with E-state index < -0.39 is 23.4 Å². The van der Waals surface area contributed by atoms with Crippen molar-refractivity contribution in [2.75, 3.05) is 0 Å². The van der Waals surface area contributed by atoms with E-state index in [2.05, 4.69) is 20.8 Å². The minimum atomic E-state index is -0.839. The SMILES string of the molecule is CC(C)(C)CC(C)(C)OC(=O)c1ccc2c(c1)C(=O)N(O)C2=O. The fraction of sp³-hybridized carbons (Fsp3) is 0.471. The molecule has 1 aromatic rings. The second-order valence-electron chi connectivity index (χ2n) is 7.57. The van der Waals surface area contributed by atoms with Crippen LogP contribution in [0.15, 0.2) is 18.2 Å². The number of fused-ring (bicyclic) bond motifs is 1. The molecule has 0 atom stereocenters. The highest BCUT2D eigenvalue weighted by atomic mass is 16.6. The molecule has 1 N–H and O–H groups in total. The second kappa shape index (κ2) is 5.45. The van der Waals surface area contributed by atoms with Crippen LogP contribution in [0, 0.1) is 5.41 Å². The number of carbonyl (C=O) groups excluding carboxylic acids is 3. The van der Waals surface area contributed by atoms with Gasteiger partial charge < -0.3 is 4.74 Å². The maximum Gasteiger partial charge on any atom is 0.338 e. The lowest BCUT2D eigenvalue weighted by molar-refractivity contribution is -0.0327. The average Bonchev–Trinajstić information content (AvgIpc) is 2.60. The normalized spacial score (nSPS) is 15.0. The highest BCUT2D eigenvalue weighted by molar-refractivity contribution is 6.20. The lowest BCUT2D eigenvalue weighted by Crippen LogP contribution is -2.32. The van der Waals surface area contributed by atoms with Crippen molar-refractivity contribution in [2.45, 2.75) is 46.6 Å². The Morgan fingerprint density at radius 2 is 1.65 bits per heavy atom. The summed E-state index contributed by atoms with van der Waals surface area (Å²) in [5, 5.41) is 9.39. The molecule has 124 valence electrons. The molecular weight excluding hydrogens is 298 g/mol. The minimum absolute atomic E-state index is 0.000535. The Hall–Kier alpha value is -2.21. The quantitative estimate of drug-likeness (QED) is 0.526. The molecule has 1 aliphatic heterocycles. The minimum Gasteiger partial charge on any atom is -0.456 e. The van der Waals surface area contributed by atoms with Gasteiger partial charge in [0, 0.05) is 0 Å². The van der Waals surface area contributed by atoms with Crippen molar-refractivity contribution in [1.29, 1.82) is 0 Å². The van der Waals surface area contributed by atoms with Crippen molar-refractivity contribution in [2.24, 2.45) is 5.41 Å². The number of carbonyl (C=O) groups is 3. The molecule has 0 saturated carbocycles. The Bertz CT molecular complexity index is 685. The number of benzene rings is 1. The van der Waals surface area contributed by atoms with Gasteiger partial charge >= 0.3 is 5.97 Å². The number of esters is 1. The van der Waals surface area contributed by atoms with Crippen LogP contribution in [0.5, 0.6) is 0 Å². The number of hydroxylamine groups is 2.